The van der Waals surface area contributed by atoms with Crippen molar-refractivity contribution in [3.05, 3.63) is 58.7 Å². The maximum absolute atomic E-state index is 11.7. The summed E-state index contributed by atoms with van der Waals surface area (Å²) in [6.07, 6.45) is 4.09. The zero-order valence-electron chi connectivity index (χ0n) is 21.9. The van der Waals surface area contributed by atoms with Gasteiger partial charge < -0.3 is 10.0 Å². The second-order valence-corrected chi connectivity index (χ2v) is 11.2. The molecule has 0 unspecified atom stereocenters. The number of carbonyl (C=O) groups is 1. The Bertz CT molecular complexity index is 1440. The van der Waals surface area contributed by atoms with Gasteiger partial charge in [-0.05, 0) is 60.7 Å². The number of halogens is 1. The Morgan fingerprint density at radius 1 is 1.08 bits per heavy atom. The standard InChI is InChI=1S/C29H32ClN5O2S/c1-4-21(5-2)34-12-14-35(15-13-34)29-31-11-10-23(33-29)28-32-24-16-18(3)22(17-25(36)37)26(27(24)38-28)19-6-8-20(30)9-7-19/h6-11,16,21H,4-5,12-15,17H2,1-3H3,(H,36,37). The highest BCUT2D eigenvalue weighted by atomic mass is 35.5. The smallest absolute Gasteiger partial charge is 0.307 e. The summed E-state index contributed by atoms with van der Waals surface area (Å²) in [6.45, 7) is 10.3. The highest BCUT2D eigenvalue weighted by molar-refractivity contribution is 7.22. The van der Waals surface area contributed by atoms with E-state index < -0.39 is 5.97 Å². The second-order valence-electron chi connectivity index (χ2n) is 9.73. The van der Waals surface area contributed by atoms with Crippen LogP contribution in [0.25, 0.3) is 32.0 Å². The van der Waals surface area contributed by atoms with E-state index in [4.69, 9.17) is 21.6 Å². The molecule has 9 heteroatoms. The van der Waals surface area contributed by atoms with Gasteiger partial charge in [0.05, 0.1) is 16.6 Å². The molecule has 2 aromatic carbocycles. The van der Waals surface area contributed by atoms with Gasteiger partial charge in [0.2, 0.25) is 5.95 Å². The van der Waals surface area contributed by atoms with E-state index >= 15 is 0 Å². The van der Waals surface area contributed by atoms with Gasteiger partial charge >= 0.3 is 5.97 Å². The van der Waals surface area contributed by atoms with Gasteiger partial charge in [-0.3, -0.25) is 9.69 Å². The second kappa shape index (κ2) is 11.4. The van der Waals surface area contributed by atoms with E-state index in [1.165, 1.54) is 24.2 Å². The molecule has 1 fully saturated rings. The third-order valence-electron chi connectivity index (χ3n) is 7.39. The van der Waals surface area contributed by atoms with Crippen LogP contribution in [-0.2, 0) is 11.2 Å². The molecule has 198 valence electrons. The molecule has 1 saturated heterocycles. The summed E-state index contributed by atoms with van der Waals surface area (Å²) in [5.41, 5.74) is 5.13. The molecule has 0 radical (unpaired) electrons. The first kappa shape index (κ1) is 26.5. The van der Waals surface area contributed by atoms with Gasteiger partial charge in [0.15, 0.2) is 0 Å². The number of aromatic nitrogens is 3. The molecule has 1 N–H and O–H groups in total. The molecule has 1 aliphatic rings. The fraction of sp³-hybridized carbons (Fsp3) is 0.379. The number of aryl methyl sites for hydroxylation is 1. The molecule has 3 heterocycles. The molecular formula is C29H32ClN5O2S. The number of thiazole rings is 1. The molecule has 0 bridgehead atoms. The molecule has 0 saturated carbocycles. The SMILES string of the molecule is CCC(CC)N1CCN(c2nccc(-c3nc4cc(C)c(CC(=O)O)c(-c5ccc(Cl)cc5)c4s3)n2)CC1. The highest BCUT2D eigenvalue weighted by Gasteiger charge is 2.24. The first-order valence-electron chi connectivity index (χ1n) is 13.1. The summed E-state index contributed by atoms with van der Waals surface area (Å²) in [5.74, 6) is -0.135. The van der Waals surface area contributed by atoms with E-state index in [1.54, 1.807) is 6.20 Å². The minimum absolute atomic E-state index is 0.0620. The average Bonchev–Trinajstić information content (AvgIpc) is 3.34. The van der Waals surface area contributed by atoms with Crippen molar-refractivity contribution in [3.8, 4) is 21.8 Å². The van der Waals surface area contributed by atoms with Crippen molar-refractivity contribution in [2.75, 3.05) is 31.1 Å². The van der Waals surface area contributed by atoms with Gasteiger partial charge in [-0.25, -0.2) is 15.0 Å². The van der Waals surface area contributed by atoms with E-state index in [2.05, 4.69) is 28.6 Å². The summed E-state index contributed by atoms with van der Waals surface area (Å²) in [5, 5.41) is 11.1. The Morgan fingerprint density at radius 3 is 2.45 bits per heavy atom. The minimum Gasteiger partial charge on any atom is -0.481 e. The predicted molar refractivity (Wildman–Crippen MR) is 155 cm³/mol. The number of hydrogen-bond acceptors (Lipinski definition) is 7. The molecule has 1 aliphatic heterocycles. The van der Waals surface area contributed by atoms with Crippen LogP contribution in [0.2, 0.25) is 5.02 Å². The van der Waals surface area contributed by atoms with Gasteiger partial charge in [0.25, 0.3) is 0 Å². The Balaban J connectivity index is 1.51. The Morgan fingerprint density at radius 2 is 1.79 bits per heavy atom. The number of aliphatic carboxylic acids is 1. The van der Waals surface area contributed by atoms with Gasteiger partial charge in [-0.1, -0.05) is 37.6 Å². The Hall–Kier alpha value is -3.07. The van der Waals surface area contributed by atoms with Crippen molar-refractivity contribution >= 4 is 45.1 Å². The topological polar surface area (TPSA) is 82.5 Å². The number of benzene rings is 2. The van der Waals surface area contributed by atoms with Crippen LogP contribution in [0.5, 0.6) is 0 Å². The molecule has 7 nitrogen and oxygen atoms in total. The van der Waals surface area contributed by atoms with E-state index in [-0.39, 0.29) is 6.42 Å². The molecule has 5 rings (SSSR count). The van der Waals surface area contributed by atoms with Gasteiger partial charge in [-0.15, -0.1) is 11.3 Å². The average molecular weight is 550 g/mol. The third-order valence-corrected chi connectivity index (χ3v) is 8.75. The van der Waals surface area contributed by atoms with E-state index in [0.29, 0.717) is 11.1 Å². The van der Waals surface area contributed by atoms with E-state index in [1.807, 2.05) is 43.3 Å². The maximum atomic E-state index is 11.7. The summed E-state index contributed by atoms with van der Waals surface area (Å²) in [4.78, 5) is 31.0. The lowest BCUT2D eigenvalue weighted by Crippen LogP contribution is -2.50. The molecule has 0 spiro atoms. The predicted octanol–water partition coefficient (Wildman–Crippen LogP) is 6.32. The first-order chi connectivity index (χ1) is 18.4. The van der Waals surface area contributed by atoms with Crippen LogP contribution < -0.4 is 4.90 Å². The maximum Gasteiger partial charge on any atom is 0.307 e. The van der Waals surface area contributed by atoms with Crippen LogP contribution in [0.4, 0.5) is 5.95 Å². The van der Waals surface area contributed by atoms with Crippen molar-refractivity contribution in [2.24, 2.45) is 0 Å². The van der Waals surface area contributed by atoms with Crippen molar-refractivity contribution in [2.45, 2.75) is 46.1 Å². The van der Waals surface area contributed by atoms with Crippen LogP contribution in [0.1, 0.15) is 37.8 Å². The number of fused-ring (bicyclic) bond motifs is 1. The lowest BCUT2D eigenvalue weighted by atomic mass is 9.93. The number of hydrogen-bond donors (Lipinski definition) is 1. The quantitative estimate of drug-likeness (QED) is 0.275. The fourth-order valence-corrected chi connectivity index (χ4v) is 6.59. The van der Waals surface area contributed by atoms with Gasteiger partial charge in [0.1, 0.15) is 10.7 Å². The lowest BCUT2D eigenvalue weighted by molar-refractivity contribution is -0.136. The summed E-state index contributed by atoms with van der Waals surface area (Å²) in [6, 6.07) is 12.0. The molecular weight excluding hydrogens is 518 g/mol. The fourth-order valence-electron chi connectivity index (χ4n) is 5.36. The van der Waals surface area contributed by atoms with Crippen LogP contribution in [0.15, 0.2) is 42.6 Å². The molecule has 0 atom stereocenters. The molecule has 4 aromatic rings. The zero-order valence-corrected chi connectivity index (χ0v) is 23.5. The Kier molecular flexibility index (Phi) is 7.93. The molecule has 2 aromatic heterocycles. The zero-order chi connectivity index (χ0) is 26.8. The van der Waals surface area contributed by atoms with Crippen molar-refractivity contribution in [1.29, 1.82) is 0 Å². The number of piperazine rings is 1. The largest absolute Gasteiger partial charge is 0.481 e. The number of carboxylic acid groups (broad SMARTS) is 1. The van der Waals surface area contributed by atoms with Crippen LogP contribution >= 0.6 is 22.9 Å². The molecule has 0 amide bonds. The van der Waals surface area contributed by atoms with Crippen LogP contribution in [0, 0.1) is 6.92 Å². The van der Waals surface area contributed by atoms with Crippen molar-refractivity contribution < 1.29 is 9.90 Å². The van der Waals surface area contributed by atoms with Gasteiger partial charge in [0, 0.05) is 49.0 Å². The van der Waals surface area contributed by atoms with E-state index in [0.717, 1.165) is 75.3 Å². The minimum atomic E-state index is -0.864. The monoisotopic (exact) mass is 549 g/mol. The summed E-state index contributed by atoms with van der Waals surface area (Å²) < 4.78 is 0.947. The van der Waals surface area contributed by atoms with Crippen LogP contribution in [-0.4, -0.2) is 63.1 Å². The lowest BCUT2D eigenvalue weighted by Gasteiger charge is -2.38. The highest BCUT2D eigenvalue weighted by Crippen LogP contribution is 2.41. The Labute approximate surface area is 232 Å². The summed E-state index contributed by atoms with van der Waals surface area (Å²) in [7, 11) is 0. The van der Waals surface area contributed by atoms with Gasteiger partial charge in [-0.2, -0.15) is 0 Å². The van der Waals surface area contributed by atoms with Crippen molar-refractivity contribution in [3.63, 3.8) is 0 Å². The van der Waals surface area contributed by atoms with Crippen molar-refractivity contribution in [1.82, 2.24) is 19.9 Å². The number of rotatable bonds is 8. The number of anilines is 1. The van der Waals surface area contributed by atoms with E-state index in [9.17, 15) is 9.90 Å². The van der Waals surface area contributed by atoms with Crippen LogP contribution in [0.3, 0.4) is 0 Å². The molecule has 38 heavy (non-hydrogen) atoms. The first-order valence-corrected chi connectivity index (χ1v) is 14.3. The molecule has 0 aliphatic carbocycles. The number of carboxylic acids is 1. The third kappa shape index (κ3) is 5.39. The normalized spacial score (nSPS) is 14.5. The summed E-state index contributed by atoms with van der Waals surface area (Å²) >= 11 is 7.69. The number of nitrogens with zero attached hydrogens (tertiary/aromatic N) is 5.